The van der Waals surface area contributed by atoms with Crippen LogP contribution in [0, 0.1) is 0 Å². The molecule has 5 heteroatoms. The van der Waals surface area contributed by atoms with Crippen LogP contribution >= 0.6 is 0 Å². The molecule has 0 spiro atoms. The summed E-state index contributed by atoms with van der Waals surface area (Å²) in [5, 5.41) is 2.41. The molecule has 1 unspecified atom stereocenters. The van der Waals surface area contributed by atoms with E-state index in [2.05, 4.69) is 10.1 Å². The van der Waals surface area contributed by atoms with Gasteiger partial charge in [0.1, 0.15) is 17.9 Å². The highest BCUT2D eigenvalue weighted by Gasteiger charge is 2.30. The number of cyclic esters (lactones) is 1. The highest BCUT2D eigenvalue weighted by Crippen LogP contribution is 2.03. The summed E-state index contributed by atoms with van der Waals surface area (Å²) in [4.78, 5) is 21.2. The molecule has 1 fully saturated rings. The molecular weight excluding hydrogens is 148 g/mol. The van der Waals surface area contributed by atoms with Crippen molar-refractivity contribution >= 4 is 11.9 Å². The molecule has 2 atom stereocenters. The number of amides is 1. The average Bonchev–Trinajstić information content (AvgIpc) is 2.34. The van der Waals surface area contributed by atoms with Gasteiger partial charge in [0.15, 0.2) is 0 Å². The van der Waals surface area contributed by atoms with Gasteiger partial charge < -0.3 is 15.8 Å². The second kappa shape index (κ2) is 2.87. The van der Waals surface area contributed by atoms with Gasteiger partial charge in [-0.3, -0.25) is 4.79 Å². The number of alkyl carbamates (subject to hydrolysis) is 1. The van der Waals surface area contributed by atoms with E-state index >= 15 is 0 Å². The summed E-state index contributed by atoms with van der Waals surface area (Å²) in [6, 6.07) is -0.700. The van der Waals surface area contributed by atoms with Crippen molar-refractivity contribution in [2.75, 3.05) is 6.54 Å². The van der Waals surface area contributed by atoms with Crippen molar-refractivity contribution in [3.05, 3.63) is 0 Å². The molecule has 0 aromatic carbocycles. The Morgan fingerprint density at radius 1 is 1.91 bits per heavy atom. The molecule has 3 N–H and O–H groups in total. The van der Waals surface area contributed by atoms with E-state index < -0.39 is 18.2 Å². The molecule has 1 aliphatic rings. The number of nitrogens with two attached hydrogens (primary N) is 1. The molecule has 5 nitrogen and oxygen atoms in total. The standard InChI is InChI=1S/C6H10N2O3/c1-3(9)5(7)4-2-8-6(10)11-4/h4-5H,2,7H2,1H3,(H,8,10)/t4?,5-/m0/s1. The first kappa shape index (κ1) is 8.00. The second-order valence-electron chi connectivity index (χ2n) is 2.46. The first-order valence-electron chi connectivity index (χ1n) is 3.32. The Balaban J connectivity index is 2.49. The highest BCUT2D eigenvalue weighted by molar-refractivity contribution is 5.83. The van der Waals surface area contributed by atoms with Crippen LogP contribution in [0.15, 0.2) is 0 Å². The van der Waals surface area contributed by atoms with Crippen molar-refractivity contribution in [2.24, 2.45) is 5.73 Å². The lowest BCUT2D eigenvalue weighted by atomic mass is 10.1. The normalized spacial score (nSPS) is 25.6. The van der Waals surface area contributed by atoms with E-state index in [0.717, 1.165) is 0 Å². The zero-order valence-corrected chi connectivity index (χ0v) is 6.16. The zero-order valence-electron chi connectivity index (χ0n) is 6.16. The number of ketones is 1. The van der Waals surface area contributed by atoms with Crippen LogP contribution in [0.2, 0.25) is 0 Å². The van der Waals surface area contributed by atoms with Crippen molar-refractivity contribution < 1.29 is 14.3 Å². The lowest BCUT2D eigenvalue weighted by Gasteiger charge is -2.12. The molecular formula is C6H10N2O3. The Bertz CT molecular complexity index is 192. The molecule has 0 aromatic heterocycles. The fourth-order valence-corrected chi connectivity index (χ4v) is 0.867. The average molecular weight is 158 g/mol. The Morgan fingerprint density at radius 3 is 2.91 bits per heavy atom. The Hall–Kier alpha value is -1.10. The Labute approximate surface area is 63.9 Å². The number of carbonyl (C=O) groups excluding carboxylic acids is 2. The van der Waals surface area contributed by atoms with Gasteiger partial charge in [0.25, 0.3) is 0 Å². The van der Waals surface area contributed by atoms with Gasteiger partial charge in [0.05, 0.1) is 6.54 Å². The monoisotopic (exact) mass is 158 g/mol. The molecule has 1 aliphatic heterocycles. The number of rotatable bonds is 2. The van der Waals surface area contributed by atoms with Gasteiger partial charge >= 0.3 is 6.09 Å². The fourth-order valence-electron chi connectivity index (χ4n) is 0.867. The lowest BCUT2D eigenvalue weighted by Crippen LogP contribution is -2.42. The van der Waals surface area contributed by atoms with Crippen LogP contribution in [-0.2, 0) is 9.53 Å². The summed E-state index contributed by atoms with van der Waals surface area (Å²) in [7, 11) is 0. The topological polar surface area (TPSA) is 81.4 Å². The van der Waals surface area contributed by atoms with Crippen molar-refractivity contribution in [3.63, 3.8) is 0 Å². The van der Waals surface area contributed by atoms with Gasteiger partial charge in [-0.2, -0.15) is 0 Å². The van der Waals surface area contributed by atoms with E-state index in [0.29, 0.717) is 6.54 Å². The maximum absolute atomic E-state index is 10.7. The van der Waals surface area contributed by atoms with E-state index in [1.807, 2.05) is 0 Å². The van der Waals surface area contributed by atoms with E-state index in [4.69, 9.17) is 5.73 Å². The molecule has 1 amide bonds. The molecule has 1 rings (SSSR count). The van der Waals surface area contributed by atoms with Gasteiger partial charge in [0, 0.05) is 0 Å². The molecule has 0 aromatic rings. The summed E-state index contributed by atoms with van der Waals surface area (Å²) in [5.41, 5.74) is 5.42. The summed E-state index contributed by atoms with van der Waals surface area (Å²) < 4.78 is 4.69. The molecule has 0 aliphatic carbocycles. The van der Waals surface area contributed by atoms with E-state index in [-0.39, 0.29) is 5.78 Å². The SMILES string of the molecule is CC(=O)[C@H](N)C1CNC(=O)O1. The van der Waals surface area contributed by atoms with Crippen molar-refractivity contribution in [1.29, 1.82) is 0 Å². The number of hydrogen-bond acceptors (Lipinski definition) is 4. The first-order valence-corrected chi connectivity index (χ1v) is 3.32. The number of carbonyl (C=O) groups is 2. The molecule has 11 heavy (non-hydrogen) atoms. The van der Waals surface area contributed by atoms with Crippen molar-refractivity contribution in [3.8, 4) is 0 Å². The van der Waals surface area contributed by atoms with Crippen molar-refractivity contribution in [1.82, 2.24) is 5.32 Å². The quantitative estimate of drug-likeness (QED) is 0.540. The predicted octanol–water partition coefficient (Wildman–Crippen LogP) is -0.989. The lowest BCUT2D eigenvalue weighted by molar-refractivity contribution is -0.120. The maximum atomic E-state index is 10.7. The van der Waals surface area contributed by atoms with Crippen LogP contribution in [-0.4, -0.2) is 30.6 Å². The third-order valence-electron chi connectivity index (χ3n) is 1.58. The molecule has 1 saturated heterocycles. The van der Waals surface area contributed by atoms with E-state index in [1.165, 1.54) is 6.92 Å². The van der Waals surface area contributed by atoms with Gasteiger partial charge in [-0.1, -0.05) is 0 Å². The zero-order chi connectivity index (χ0) is 8.43. The molecule has 0 bridgehead atoms. The third kappa shape index (κ3) is 1.68. The van der Waals surface area contributed by atoms with Gasteiger partial charge in [-0.05, 0) is 6.92 Å². The van der Waals surface area contributed by atoms with E-state index in [1.54, 1.807) is 0 Å². The highest BCUT2D eigenvalue weighted by atomic mass is 16.6. The van der Waals surface area contributed by atoms with Gasteiger partial charge in [-0.25, -0.2) is 4.79 Å². The fraction of sp³-hybridized carbons (Fsp3) is 0.667. The second-order valence-corrected chi connectivity index (χ2v) is 2.46. The van der Waals surface area contributed by atoms with Crippen LogP contribution in [0.1, 0.15) is 6.92 Å². The molecule has 1 heterocycles. The van der Waals surface area contributed by atoms with Gasteiger partial charge in [0.2, 0.25) is 0 Å². The number of nitrogens with one attached hydrogen (secondary N) is 1. The Kier molecular flexibility index (Phi) is 2.09. The van der Waals surface area contributed by atoms with Crippen LogP contribution < -0.4 is 11.1 Å². The van der Waals surface area contributed by atoms with Crippen LogP contribution in [0.4, 0.5) is 4.79 Å². The number of ether oxygens (including phenoxy) is 1. The van der Waals surface area contributed by atoms with Gasteiger partial charge in [-0.15, -0.1) is 0 Å². The summed E-state index contributed by atoms with van der Waals surface area (Å²) in [5.74, 6) is -0.175. The largest absolute Gasteiger partial charge is 0.442 e. The van der Waals surface area contributed by atoms with Crippen molar-refractivity contribution in [2.45, 2.75) is 19.1 Å². The summed E-state index contributed by atoms with van der Waals surface area (Å²) >= 11 is 0. The molecule has 0 saturated carbocycles. The molecule has 0 radical (unpaired) electrons. The molecule has 62 valence electrons. The summed E-state index contributed by atoms with van der Waals surface area (Å²) in [6.45, 7) is 1.69. The maximum Gasteiger partial charge on any atom is 0.407 e. The number of hydrogen-bond donors (Lipinski definition) is 2. The van der Waals surface area contributed by atoms with Crippen LogP contribution in [0.5, 0.6) is 0 Å². The third-order valence-corrected chi connectivity index (χ3v) is 1.58. The predicted molar refractivity (Wildman–Crippen MR) is 36.9 cm³/mol. The minimum atomic E-state index is -0.700. The first-order chi connectivity index (χ1) is 5.11. The smallest absolute Gasteiger partial charge is 0.407 e. The van der Waals surface area contributed by atoms with E-state index in [9.17, 15) is 9.59 Å². The van der Waals surface area contributed by atoms with Crippen LogP contribution in [0.25, 0.3) is 0 Å². The van der Waals surface area contributed by atoms with Crippen LogP contribution in [0.3, 0.4) is 0 Å². The Morgan fingerprint density at radius 2 is 2.55 bits per heavy atom. The summed E-state index contributed by atoms with van der Waals surface area (Å²) in [6.07, 6.45) is -1.01. The number of Topliss-reactive ketones (excluding diaryl/α,β-unsaturated/α-hetero) is 1. The minimum Gasteiger partial charge on any atom is -0.442 e. The minimum absolute atomic E-state index is 0.175.